The van der Waals surface area contributed by atoms with Crippen LogP contribution in [0.3, 0.4) is 0 Å². The Morgan fingerprint density at radius 1 is 1.17 bits per heavy atom. The predicted molar refractivity (Wildman–Crippen MR) is 93.5 cm³/mol. The molecule has 2 rings (SSSR count). The molecule has 1 aromatic heterocycles. The Morgan fingerprint density at radius 3 is 2.58 bits per heavy atom. The first-order valence-electron chi connectivity index (χ1n) is 7.07. The lowest BCUT2D eigenvalue weighted by Crippen LogP contribution is -2.20. The molecule has 0 aliphatic rings. The summed E-state index contributed by atoms with van der Waals surface area (Å²) < 4.78 is 5.26. The van der Waals surface area contributed by atoms with Crippen LogP contribution in [-0.4, -0.2) is 18.0 Å². The molecule has 8 heteroatoms. The molecule has 0 bridgehead atoms. The van der Waals surface area contributed by atoms with E-state index < -0.39 is 0 Å². The fraction of sp³-hybridized carbons (Fsp3) is 0.188. The molecule has 2 N–H and O–H groups in total. The molecule has 1 aromatic carbocycles. The van der Waals surface area contributed by atoms with Crippen molar-refractivity contribution < 1.29 is 14.0 Å². The van der Waals surface area contributed by atoms with Crippen LogP contribution in [0.25, 0.3) is 0 Å². The summed E-state index contributed by atoms with van der Waals surface area (Å²) in [5.41, 5.74) is 2.77. The first-order valence-corrected chi connectivity index (χ1v) is 7.83. The minimum atomic E-state index is -0.383. The summed E-state index contributed by atoms with van der Waals surface area (Å²) in [6.45, 7) is 1.81. The van der Waals surface area contributed by atoms with Gasteiger partial charge in [0.05, 0.1) is 16.9 Å². The molecule has 24 heavy (non-hydrogen) atoms. The number of anilines is 1. The van der Waals surface area contributed by atoms with Gasteiger partial charge in [0, 0.05) is 17.9 Å². The van der Waals surface area contributed by atoms with Gasteiger partial charge >= 0.3 is 0 Å². The van der Waals surface area contributed by atoms with Crippen molar-refractivity contribution in [1.29, 1.82) is 0 Å². The minimum Gasteiger partial charge on any atom is -0.460 e. The van der Waals surface area contributed by atoms with Crippen molar-refractivity contribution in [2.24, 2.45) is 5.10 Å². The highest BCUT2D eigenvalue weighted by Gasteiger charge is 2.09. The van der Waals surface area contributed by atoms with Gasteiger partial charge in [-0.3, -0.25) is 9.59 Å². The van der Waals surface area contributed by atoms with E-state index in [1.165, 1.54) is 12.3 Å². The van der Waals surface area contributed by atoms with Crippen LogP contribution in [0, 0.1) is 6.92 Å². The molecule has 0 atom stereocenters. The number of nitrogens with zero attached hydrogens (tertiary/aromatic N) is 1. The molecule has 0 spiro atoms. The lowest BCUT2D eigenvalue weighted by Gasteiger charge is -2.07. The Balaban J connectivity index is 1.74. The Hall–Kier alpha value is -2.31. The van der Waals surface area contributed by atoms with E-state index in [2.05, 4.69) is 15.8 Å². The third-order valence-corrected chi connectivity index (χ3v) is 3.47. The molecule has 0 saturated carbocycles. The molecular weight excluding hydrogens is 353 g/mol. The normalized spacial score (nSPS) is 10.8. The Bertz CT molecular complexity index is 772. The molecule has 0 aliphatic carbocycles. The molecule has 0 aliphatic heterocycles. The zero-order valence-corrected chi connectivity index (χ0v) is 14.3. The number of furan rings is 1. The van der Waals surface area contributed by atoms with E-state index in [-0.39, 0.29) is 24.7 Å². The van der Waals surface area contributed by atoms with Crippen LogP contribution in [0.15, 0.2) is 39.9 Å². The highest BCUT2D eigenvalue weighted by atomic mass is 35.5. The number of hydrazone groups is 1. The Kier molecular flexibility index (Phi) is 6.40. The summed E-state index contributed by atoms with van der Waals surface area (Å²) in [6, 6.07) is 8.25. The highest BCUT2D eigenvalue weighted by Crippen LogP contribution is 2.25. The molecule has 0 fully saturated rings. The van der Waals surface area contributed by atoms with Gasteiger partial charge in [0.1, 0.15) is 11.5 Å². The van der Waals surface area contributed by atoms with Crippen molar-refractivity contribution in [3.05, 3.63) is 51.9 Å². The van der Waals surface area contributed by atoms with E-state index >= 15 is 0 Å². The average Bonchev–Trinajstić information content (AvgIpc) is 2.93. The van der Waals surface area contributed by atoms with Crippen LogP contribution >= 0.6 is 23.2 Å². The van der Waals surface area contributed by atoms with Crippen LogP contribution in [0.1, 0.15) is 24.4 Å². The van der Waals surface area contributed by atoms with Crippen molar-refractivity contribution in [1.82, 2.24) is 5.43 Å². The number of carbonyl (C=O) groups is 2. The van der Waals surface area contributed by atoms with Gasteiger partial charge < -0.3 is 9.73 Å². The molecule has 0 radical (unpaired) electrons. The van der Waals surface area contributed by atoms with Crippen LogP contribution in [0.2, 0.25) is 10.0 Å². The number of aryl methyl sites for hydroxylation is 1. The van der Waals surface area contributed by atoms with Gasteiger partial charge in [-0.05, 0) is 37.3 Å². The molecule has 126 valence electrons. The van der Waals surface area contributed by atoms with Crippen LogP contribution in [-0.2, 0) is 9.59 Å². The number of hydrogen-bond acceptors (Lipinski definition) is 4. The number of rotatable bonds is 6. The molecule has 6 nitrogen and oxygen atoms in total. The topological polar surface area (TPSA) is 83.7 Å². The quantitative estimate of drug-likeness (QED) is 0.602. The second kappa shape index (κ2) is 8.52. The fourth-order valence-corrected chi connectivity index (χ4v) is 2.23. The third-order valence-electron chi connectivity index (χ3n) is 2.93. The summed E-state index contributed by atoms with van der Waals surface area (Å²) in [5.74, 6) is 0.565. The van der Waals surface area contributed by atoms with Gasteiger partial charge in [0.15, 0.2) is 0 Å². The maximum absolute atomic E-state index is 11.8. The van der Waals surface area contributed by atoms with Crippen LogP contribution in [0.5, 0.6) is 0 Å². The van der Waals surface area contributed by atoms with Gasteiger partial charge in [-0.25, -0.2) is 5.43 Å². The van der Waals surface area contributed by atoms with Crippen LogP contribution < -0.4 is 10.7 Å². The maximum Gasteiger partial charge on any atom is 0.240 e. The summed E-state index contributed by atoms with van der Waals surface area (Å²) in [5, 5.41) is 7.18. The maximum atomic E-state index is 11.8. The standard InChI is InChI=1S/C16H15Cl2N3O3/c1-10-2-4-12(24-10)9-19-21-16(23)7-6-15(22)20-14-5-3-11(17)8-13(14)18/h2-5,8-9H,6-7H2,1H3,(H,20,22)(H,21,23)/b19-9+. The first-order chi connectivity index (χ1) is 11.4. The average molecular weight is 368 g/mol. The zero-order valence-electron chi connectivity index (χ0n) is 12.8. The summed E-state index contributed by atoms with van der Waals surface area (Å²) >= 11 is 11.7. The summed E-state index contributed by atoms with van der Waals surface area (Å²) in [6.07, 6.45) is 1.38. The molecule has 0 unspecified atom stereocenters. The van der Waals surface area contributed by atoms with Crippen molar-refractivity contribution in [2.75, 3.05) is 5.32 Å². The fourth-order valence-electron chi connectivity index (χ4n) is 1.78. The molecule has 2 amide bonds. The first kappa shape index (κ1) is 18.0. The van der Waals surface area contributed by atoms with Crippen molar-refractivity contribution in [3.63, 3.8) is 0 Å². The van der Waals surface area contributed by atoms with Gasteiger partial charge in [-0.2, -0.15) is 5.10 Å². The van der Waals surface area contributed by atoms with E-state index in [4.69, 9.17) is 27.6 Å². The smallest absolute Gasteiger partial charge is 0.240 e. The lowest BCUT2D eigenvalue weighted by atomic mass is 10.2. The molecule has 0 saturated heterocycles. The van der Waals surface area contributed by atoms with Gasteiger partial charge in [-0.1, -0.05) is 23.2 Å². The molecule has 2 aromatic rings. The zero-order chi connectivity index (χ0) is 17.5. The predicted octanol–water partition coefficient (Wildman–Crippen LogP) is 3.76. The van der Waals surface area contributed by atoms with Gasteiger partial charge in [0.2, 0.25) is 11.8 Å². The number of carbonyl (C=O) groups excluding carboxylic acids is 2. The second-order valence-corrected chi connectivity index (χ2v) is 5.76. The second-order valence-electron chi connectivity index (χ2n) is 4.91. The number of nitrogens with one attached hydrogen (secondary N) is 2. The summed E-state index contributed by atoms with van der Waals surface area (Å²) in [4.78, 5) is 23.4. The lowest BCUT2D eigenvalue weighted by molar-refractivity contribution is -0.124. The largest absolute Gasteiger partial charge is 0.460 e. The number of amides is 2. The summed E-state index contributed by atoms with van der Waals surface area (Å²) in [7, 11) is 0. The number of halogens is 2. The van der Waals surface area contributed by atoms with E-state index in [0.717, 1.165) is 5.76 Å². The number of benzene rings is 1. The van der Waals surface area contributed by atoms with E-state index in [1.807, 2.05) is 6.92 Å². The Labute approximate surface area is 148 Å². The SMILES string of the molecule is Cc1ccc(/C=N/NC(=O)CCC(=O)Nc2ccc(Cl)cc2Cl)o1. The van der Waals surface area contributed by atoms with Crippen molar-refractivity contribution in [3.8, 4) is 0 Å². The molecule has 1 heterocycles. The van der Waals surface area contributed by atoms with E-state index in [9.17, 15) is 9.59 Å². The highest BCUT2D eigenvalue weighted by molar-refractivity contribution is 6.36. The van der Waals surface area contributed by atoms with Crippen molar-refractivity contribution >= 4 is 46.9 Å². The Morgan fingerprint density at radius 2 is 1.92 bits per heavy atom. The van der Waals surface area contributed by atoms with Crippen molar-refractivity contribution in [2.45, 2.75) is 19.8 Å². The van der Waals surface area contributed by atoms with Gasteiger partial charge in [-0.15, -0.1) is 0 Å². The van der Waals surface area contributed by atoms with E-state index in [0.29, 0.717) is 21.5 Å². The van der Waals surface area contributed by atoms with Gasteiger partial charge in [0.25, 0.3) is 0 Å². The van der Waals surface area contributed by atoms with Crippen LogP contribution in [0.4, 0.5) is 5.69 Å². The molecular formula is C16H15Cl2N3O3. The monoisotopic (exact) mass is 367 g/mol. The third kappa shape index (κ3) is 5.72. The minimum absolute atomic E-state index is 0.000167. The number of hydrogen-bond donors (Lipinski definition) is 2. The van der Waals surface area contributed by atoms with E-state index in [1.54, 1.807) is 24.3 Å².